The average molecular weight is 161 g/mol. The molecule has 5 heteroatoms. The van der Waals surface area contributed by atoms with Crippen molar-refractivity contribution in [3.05, 3.63) is 43.2 Å². The quantitative estimate of drug-likeness (QED) is 0.557. The summed E-state index contributed by atoms with van der Waals surface area (Å²) in [6.07, 6.45) is 9.71. The molecule has 0 aliphatic rings. The van der Waals surface area contributed by atoms with Gasteiger partial charge >= 0.3 is 0 Å². The van der Waals surface area contributed by atoms with E-state index in [1.165, 1.54) is 0 Å². The summed E-state index contributed by atoms with van der Waals surface area (Å²) in [5.41, 5.74) is 0. The zero-order valence-electron chi connectivity index (χ0n) is 6.28. The van der Waals surface area contributed by atoms with Gasteiger partial charge in [-0.3, -0.25) is 9.97 Å². The van der Waals surface area contributed by atoms with Crippen LogP contribution in [0.2, 0.25) is 0 Å². The van der Waals surface area contributed by atoms with E-state index in [-0.39, 0.29) is 0 Å². The molecule has 60 valence electrons. The smallest absolute Gasteiger partial charge is 0.0529 e. The van der Waals surface area contributed by atoms with Crippen LogP contribution in [-0.4, -0.2) is 25.4 Å². The highest BCUT2D eigenvalue weighted by Crippen LogP contribution is 1.65. The molecule has 5 nitrogen and oxygen atoms in total. The first-order valence-electron chi connectivity index (χ1n) is 3.28. The number of rotatable bonds is 0. The van der Waals surface area contributed by atoms with Gasteiger partial charge in [-0.05, 0) is 11.3 Å². The first-order valence-corrected chi connectivity index (χ1v) is 3.28. The van der Waals surface area contributed by atoms with Gasteiger partial charge in [0.15, 0.2) is 0 Å². The van der Waals surface area contributed by atoms with Gasteiger partial charge in [0.05, 0.1) is 12.4 Å². The third kappa shape index (κ3) is 3.99. The Morgan fingerprint density at radius 3 is 1.25 bits per heavy atom. The predicted octanol–water partition coefficient (Wildman–Crippen LogP) is 0.348. The minimum atomic E-state index is 1.58. The monoisotopic (exact) mass is 161 g/mol. The van der Waals surface area contributed by atoms with Crippen LogP contribution < -0.4 is 0 Å². The lowest BCUT2D eigenvalue weighted by Crippen LogP contribution is -1.78. The fourth-order valence-electron chi connectivity index (χ4n) is 0.458. The summed E-state index contributed by atoms with van der Waals surface area (Å²) >= 11 is 0. The van der Waals surface area contributed by atoms with Gasteiger partial charge in [0.25, 0.3) is 0 Å². The van der Waals surface area contributed by atoms with Crippen LogP contribution >= 0.6 is 0 Å². The van der Waals surface area contributed by atoms with Crippen molar-refractivity contribution in [1.82, 2.24) is 25.4 Å². The Hall–Kier alpha value is -1.91. The van der Waals surface area contributed by atoms with Gasteiger partial charge in [-0.15, -0.1) is 10.2 Å². The van der Waals surface area contributed by atoms with Crippen LogP contribution in [0.25, 0.3) is 0 Å². The van der Waals surface area contributed by atoms with E-state index in [0.717, 1.165) is 0 Å². The van der Waals surface area contributed by atoms with Crippen molar-refractivity contribution in [2.75, 3.05) is 0 Å². The van der Waals surface area contributed by atoms with Crippen LogP contribution in [-0.2, 0) is 0 Å². The van der Waals surface area contributed by atoms with Crippen molar-refractivity contribution in [1.29, 1.82) is 0 Å². The average Bonchev–Trinajstić information content (AvgIpc) is 2.24. The Morgan fingerprint density at radius 2 is 1.08 bits per heavy atom. The third-order valence-corrected chi connectivity index (χ3v) is 0.886. The zero-order valence-corrected chi connectivity index (χ0v) is 6.28. The van der Waals surface area contributed by atoms with Crippen LogP contribution in [0.1, 0.15) is 0 Å². The molecular weight excluding hydrogens is 154 g/mol. The number of aromatic nitrogens is 5. The van der Waals surface area contributed by atoms with Gasteiger partial charge in [0, 0.05) is 24.8 Å². The Balaban J connectivity index is 0.000000120. The van der Waals surface area contributed by atoms with Crippen LogP contribution in [0.3, 0.4) is 0 Å². The van der Waals surface area contributed by atoms with Gasteiger partial charge in [-0.1, -0.05) is 0 Å². The van der Waals surface area contributed by atoms with E-state index in [9.17, 15) is 0 Å². The summed E-state index contributed by atoms with van der Waals surface area (Å²) in [5, 5.41) is 10.1. The van der Waals surface area contributed by atoms with E-state index in [1.54, 1.807) is 43.2 Å². The molecule has 0 spiro atoms. The molecule has 0 fully saturated rings. The number of nitrogens with zero attached hydrogens (tertiary/aromatic N) is 5. The molecule has 0 saturated heterocycles. The highest BCUT2D eigenvalue weighted by molar-refractivity contribution is 4.71. The Morgan fingerprint density at radius 1 is 0.583 bits per heavy atom. The summed E-state index contributed by atoms with van der Waals surface area (Å²) in [5.74, 6) is 0. The Labute approximate surface area is 69.5 Å². The zero-order chi connectivity index (χ0) is 8.49. The summed E-state index contributed by atoms with van der Waals surface area (Å²) in [6.45, 7) is 0. The molecule has 0 aromatic carbocycles. The molecule has 2 aromatic heterocycles. The summed E-state index contributed by atoms with van der Waals surface area (Å²) in [7, 11) is 0. The van der Waals surface area contributed by atoms with Gasteiger partial charge in [-0.25, -0.2) is 0 Å². The number of hydrogen-bond donors (Lipinski definition) is 0. The SMILES string of the molecule is c1cnccn1.c1cnnnc1. The van der Waals surface area contributed by atoms with E-state index in [4.69, 9.17) is 0 Å². The second kappa shape index (κ2) is 5.84. The Bertz CT molecular complexity index is 187. The molecule has 2 rings (SSSR count). The standard InChI is InChI=1S/C4H4N2.C3H3N3/c1-2-6-4-3-5-1;1-2-4-6-5-3-1/h1-4H;1-3H. The lowest BCUT2D eigenvalue weighted by Gasteiger charge is -1.70. The number of hydrogen-bond acceptors (Lipinski definition) is 5. The maximum atomic E-state index is 3.72. The van der Waals surface area contributed by atoms with Gasteiger partial charge in [0.1, 0.15) is 0 Å². The maximum absolute atomic E-state index is 3.72. The van der Waals surface area contributed by atoms with Crippen molar-refractivity contribution >= 4 is 0 Å². The summed E-state index contributed by atoms with van der Waals surface area (Å²) in [4.78, 5) is 7.44. The van der Waals surface area contributed by atoms with Crippen molar-refractivity contribution in [2.24, 2.45) is 0 Å². The fourth-order valence-corrected chi connectivity index (χ4v) is 0.458. The summed E-state index contributed by atoms with van der Waals surface area (Å²) < 4.78 is 0. The molecule has 12 heavy (non-hydrogen) atoms. The second-order valence-corrected chi connectivity index (χ2v) is 1.71. The molecule has 2 aromatic rings. The van der Waals surface area contributed by atoms with Crippen molar-refractivity contribution in [3.8, 4) is 0 Å². The first-order chi connectivity index (χ1) is 6.00. The molecule has 0 N–H and O–H groups in total. The molecule has 0 aliphatic heterocycles. The summed E-state index contributed by atoms with van der Waals surface area (Å²) in [6, 6.07) is 1.72. The highest BCUT2D eigenvalue weighted by Gasteiger charge is 1.60. The normalized spacial score (nSPS) is 8.00. The van der Waals surface area contributed by atoms with Gasteiger partial charge in [-0.2, -0.15) is 0 Å². The van der Waals surface area contributed by atoms with Crippen LogP contribution in [0.4, 0.5) is 0 Å². The molecule has 0 amide bonds. The van der Waals surface area contributed by atoms with Crippen molar-refractivity contribution < 1.29 is 0 Å². The van der Waals surface area contributed by atoms with Crippen LogP contribution in [0.15, 0.2) is 43.2 Å². The molecule has 0 unspecified atom stereocenters. The topological polar surface area (TPSA) is 64.5 Å². The van der Waals surface area contributed by atoms with E-state index < -0.39 is 0 Å². The van der Waals surface area contributed by atoms with E-state index in [0.29, 0.717) is 0 Å². The predicted molar refractivity (Wildman–Crippen MR) is 41.9 cm³/mol. The molecule has 0 radical (unpaired) electrons. The first kappa shape index (κ1) is 8.19. The van der Waals surface area contributed by atoms with Gasteiger partial charge in [0.2, 0.25) is 0 Å². The van der Waals surface area contributed by atoms with E-state index in [2.05, 4.69) is 25.4 Å². The van der Waals surface area contributed by atoms with E-state index >= 15 is 0 Å². The largest absolute Gasteiger partial charge is 0.262 e. The molecular formula is C7H7N5. The van der Waals surface area contributed by atoms with Gasteiger partial charge < -0.3 is 0 Å². The minimum Gasteiger partial charge on any atom is -0.262 e. The fraction of sp³-hybridized carbons (Fsp3) is 0. The molecule has 0 aliphatic carbocycles. The van der Waals surface area contributed by atoms with Crippen molar-refractivity contribution in [3.63, 3.8) is 0 Å². The lowest BCUT2D eigenvalue weighted by atomic mass is 10.7. The highest BCUT2D eigenvalue weighted by atomic mass is 15.3. The molecule has 0 saturated carbocycles. The Kier molecular flexibility index (Phi) is 3.99. The second-order valence-electron chi connectivity index (χ2n) is 1.71. The van der Waals surface area contributed by atoms with Crippen molar-refractivity contribution in [2.45, 2.75) is 0 Å². The maximum Gasteiger partial charge on any atom is 0.0529 e. The van der Waals surface area contributed by atoms with Crippen LogP contribution in [0.5, 0.6) is 0 Å². The third-order valence-electron chi connectivity index (χ3n) is 0.886. The molecule has 2 heterocycles. The molecule has 0 atom stereocenters. The minimum absolute atomic E-state index is 1.58. The molecule has 0 bridgehead atoms. The van der Waals surface area contributed by atoms with E-state index in [1.807, 2.05) is 0 Å². The van der Waals surface area contributed by atoms with Crippen LogP contribution in [0, 0.1) is 0 Å². The lowest BCUT2D eigenvalue weighted by molar-refractivity contribution is 0.865.